The van der Waals surface area contributed by atoms with E-state index < -0.39 is 12.7 Å². The first kappa shape index (κ1) is 12.4. The molecule has 0 aromatic rings. The third kappa shape index (κ3) is 7.77. The molecule has 0 aromatic carbocycles. The second-order valence-corrected chi connectivity index (χ2v) is 2.85. The fourth-order valence-corrected chi connectivity index (χ4v) is 1.07. The van der Waals surface area contributed by atoms with Gasteiger partial charge in [-0.25, -0.2) is 0 Å². The number of hydrogen-bond acceptors (Lipinski definition) is 2. The van der Waals surface area contributed by atoms with E-state index in [2.05, 4.69) is 0 Å². The number of carbonyl (C=O) groups is 1. The van der Waals surface area contributed by atoms with Gasteiger partial charge in [0.25, 0.3) is 0 Å². The van der Waals surface area contributed by atoms with Crippen LogP contribution in [0.3, 0.4) is 0 Å². The topological polar surface area (TPSA) is 20.3 Å². The lowest BCUT2D eigenvalue weighted by Gasteiger charge is -2.21. The summed E-state index contributed by atoms with van der Waals surface area (Å²) >= 11 is 0. The molecule has 0 saturated carbocycles. The summed E-state index contributed by atoms with van der Waals surface area (Å²) in [7, 11) is 0. The summed E-state index contributed by atoms with van der Waals surface area (Å²) in [6.07, 6.45) is -2.71. The molecule has 78 valence electrons. The van der Waals surface area contributed by atoms with Gasteiger partial charge in [0.1, 0.15) is 6.29 Å². The molecule has 0 heterocycles. The van der Waals surface area contributed by atoms with Gasteiger partial charge in [0.2, 0.25) is 0 Å². The van der Waals surface area contributed by atoms with E-state index in [4.69, 9.17) is 0 Å². The van der Waals surface area contributed by atoms with Crippen LogP contribution in [0.25, 0.3) is 0 Å². The van der Waals surface area contributed by atoms with Crippen LogP contribution in [0.1, 0.15) is 19.8 Å². The lowest BCUT2D eigenvalue weighted by atomic mass is 10.3. The molecule has 2 nitrogen and oxygen atoms in total. The summed E-state index contributed by atoms with van der Waals surface area (Å²) in [6, 6.07) is 0. The maximum absolute atomic E-state index is 11.9. The van der Waals surface area contributed by atoms with Gasteiger partial charge in [-0.1, -0.05) is 6.92 Å². The predicted octanol–water partition coefficient (Wildman–Crippen LogP) is 1.85. The van der Waals surface area contributed by atoms with E-state index in [1.165, 1.54) is 4.90 Å². The van der Waals surface area contributed by atoms with Gasteiger partial charge in [-0.15, -0.1) is 0 Å². The van der Waals surface area contributed by atoms with Gasteiger partial charge in [0.05, 0.1) is 6.54 Å². The maximum Gasteiger partial charge on any atom is 0.401 e. The monoisotopic (exact) mass is 197 g/mol. The van der Waals surface area contributed by atoms with Gasteiger partial charge in [-0.2, -0.15) is 13.2 Å². The normalized spacial score (nSPS) is 12.1. The van der Waals surface area contributed by atoms with Crippen molar-refractivity contribution in [3.05, 3.63) is 0 Å². The van der Waals surface area contributed by atoms with Crippen molar-refractivity contribution in [3.8, 4) is 0 Å². The van der Waals surface area contributed by atoms with Gasteiger partial charge >= 0.3 is 6.18 Å². The van der Waals surface area contributed by atoms with Crippen molar-refractivity contribution in [1.29, 1.82) is 0 Å². The van der Waals surface area contributed by atoms with Crippen LogP contribution < -0.4 is 0 Å². The SMILES string of the molecule is CCCN(CCC=O)CC(F)(F)F. The lowest BCUT2D eigenvalue weighted by Crippen LogP contribution is -2.35. The first-order chi connectivity index (χ1) is 5.99. The Balaban J connectivity index is 3.86. The van der Waals surface area contributed by atoms with E-state index in [1.54, 1.807) is 0 Å². The molecule has 0 aliphatic rings. The van der Waals surface area contributed by atoms with Gasteiger partial charge in [-0.05, 0) is 13.0 Å². The predicted molar refractivity (Wildman–Crippen MR) is 43.5 cm³/mol. The third-order valence-electron chi connectivity index (χ3n) is 1.51. The van der Waals surface area contributed by atoms with Crippen molar-refractivity contribution in [1.82, 2.24) is 4.90 Å². The van der Waals surface area contributed by atoms with E-state index in [1.807, 2.05) is 6.92 Å². The van der Waals surface area contributed by atoms with Crippen molar-refractivity contribution in [3.63, 3.8) is 0 Å². The quantitative estimate of drug-likeness (QED) is 0.605. The zero-order valence-electron chi connectivity index (χ0n) is 7.60. The molecule has 13 heavy (non-hydrogen) atoms. The van der Waals surface area contributed by atoms with E-state index in [0.717, 1.165) is 0 Å². The Morgan fingerprint density at radius 2 is 1.92 bits per heavy atom. The van der Waals surface area contributed by atoms with Gasteiger partial charge < -0.3 is 4.79 Å². The van der Waals surface area contributed by atoms with E-state index in [-0.39, 0.29) is 13.0 Å². The summed E-state index contributed by atoms with van der Waals surface area (Å²) in [6.45, 7) is 1.46. The number of aldehydes is 1. The molecular weight excluding hydrogens is 183 g/mol. The van der Waals surface area contributed by atoms with Crippen molar-refractivity contribution >= 4 is 6.29 Å². The number of halogens is 3. The summed E-state index contributed by atoms with van der Waals surface area (Å²) in [5, 5.41) is 0. The fraction of sp³-hybridized carbons (Fsp3) is 0.875. The highest BCUT2D eigenvalue weighted by molar-refractivity contribution is 5.49. The number of alkyl halides is 3. The van der Waals surface area contributed by atoms with Gasteiger partial charge in [0, 0.05) is 13.0 Å². The zero-order valence-corrected chi connectivity index (χ0v) is 7.60. The minimum Gasteiger partial charge on any atom is -0.303 e. The molecule has 0 bridgehead atoms. The van der Waals surface area contributed by atoms with Crippen molar-refractivity contribution < 1.29 is 18.0 Å². The minimum atomic E-state index is -4.17. The second kappa shape index (κ2) is 5.96. The maximum atomic E-state index is 11.9. The number of carbonyl (C=O) groups excluding carboxylic acids is 1. The number of hydrogen-bond donors (Lipinski definition) is 0. The average Bonchev–Trinajstić information content (AvgIpc) is 1.98. The highest BCUT2D eigenvalue weighted by Gasteiger charge is 2.29. The molecule has 0 atom stereocenters. The Morgan fingerprint density at radius 3 is 2.31 bits per heavy atom. The Kier molecular flexibility index (Phi) is 5.70. The van der Waals surface area contributed by atoms with Crippen LogP contribution in [-0.2, 0) is 4.79 Å². The van der Waals surface area contributed by atoms with Gasteiger partial charge in [-0.3, -0.25) is 4.90 Å². The smallest absolute Gasteiger partial charge is 0.303 e. The largest absolute Gasteiger partial charge is 0.401 e. The molecule has 0 amide bonds. The van der Waals surface area contributed by atoms with Gasteiger partial charge in [0.15, 0.2) is 0 Å². The first-order valence-electron chi connectivity index (χ1n) is 4.22. The van der Waals surface area contributed by atoms with E-state index in [0.29, 0.717) is 19.3 Å². The van der Waals surface area contributed by atoms with Crippen LogP contribution in [0, 0.1) is 0 Å². The van der Waals surface area contributed by atoms with Crippen molar-refractivity contribution in [2.45, 2.75) is 25.9 Å². The van der Waals surface area contributed by atoms with Crippen LogP contribution in [0.2, 0.25) is 0 Å². The van der Waals surface area contributed by atoms with Crippen LogP contribution in [-0.4, -0.2) is 37.0 Å². The standard InChI is InChI=1S/C8H14F3NO/c1-2-4-12(5-3-6-13)7-8(9,10)11/h6H,2-5,7H2,1H3. The molecule has 0 aliphatic carbocycles. The minimum absolute atomic E-state index is 0.163. The summed E-state index contributed by atoms with van der Waals surface area (Å²) < 4.78 is 35.8. The molecule has 0 radical (unpaired) electrons. The molecular formula is C8H14F3NO. The highest BCUT2D eigenvalue weighted by Crippen LogP contribution is 2.16. The summed E-state index contributed by atoms with van der Waals surface area (Å²) in [5.41, 5.74) is 0. The Morgan fingerprint density at radius 1 is 1.31 bits per heavy atom. The van der Waals surface area contributed by atoms with E-state index in [9.17, 15) is 18.0 Å². The fourth-order valence-electron chi connectivity index (χ4n) is 1.07. The van der Waals surface area contributed by atoms with Crippen molar-refractivity contribution in [2.24, 2.45) is 0 Å². The molecule has 0 unspecified atom stereocenters. The molecule has 0 saturated heterocycles. The second-order valence-electron chi connectivity index (χ2n) is 2.85. The molecule has 0 spiro atoms. The lowest BCUT2D eigenvalue weighted by molar-refractivity contribution is -0.146. The number of rotatable bonds is 6. The van der Waals surface area contributed by atoms with Crippen LogP contribution >= 0.6 is 0 Å². The Hall–Kier alpha value is -0.580. The zero-order chi connectivity index (χ0) is 10.3. The third-order valence-corrected chi connectivity index (χ3v) is 1.51. The van der Waals surface area contributed by atoms with Crippen LogP contribution in [0.15, 0.2) is 0 Å². The molecule has 0 rings (SSSR count). The Bertz CT molecular complexity index is 147. The van der Waals surface area contributed by atoms with Crippen LogP contribution in [0.5, 0.6) is 0 Å². The first-order valence-corrected chi connectivity index (χ1v) is 4.22. The Labute approximate surface area is 75.7 Å². The number of nitrogens with zero attached hydrogens (tertiary/aromatic N) is 1. The molecule has 0 aliphatic heterocycles. The van der Waals surface area contributed by atoms with Crippen molar-refractivity contribution in [2.75, 3.05) is 19.6 Å². The summed E-state index contributed by atoms with van der Waals surface area (Å²) in [5.74, 6) is 0. The summed E-state index contributed by atoms with van der Waals surface area (Å²) in [4.78, 5) is 11.2. The molecule has 0 N–H and O–H groups in total. The average molecular weight is 197 g/mol. The molecule has 5 heteroatoms. The van der Waals surface area contributed by atoms with E-state index >= 15 is 0 Å². The molecule has 0 aromatic heterocycles. The molecule has 0 fully saturated rings. The van der Waals surface area contributed by atoms with Crippen LogP contribution in [0.4, 0.5) is 13.2 Å². The highest BCUT2D eigenvalue weighted by atomic mass is 19.4.